The normalized spacial score (nSPS) is 26.3. The Labute approximate surface area is 115 Å². The lowest BCUT2D eigenvalue weighted by Crippen LogP contribution is -2.37. The van der Waals surface area contributed by atoms with Gasteiger partial charge in [0.2, 0.25) is 0 Å². The fraction of sp³-hybridized carbons (Fsp3) is 0.500. The SMILES string of the molecule is CC1CC(Nc2cc(C(=O)O)c(F)cc2F)CC(C)O1. The third kappa shape index (κ3) is 3.25. The summed E-state index contributed by atoms with van der Waals surface area (Å²) in [5.74, 6) is -3.28. The number of carboxylic acid groups (broad SMARTS) is 1. The minimum Gasteiger partial charge on any atom is -0.478 e. The van der Waals surface area contributed by atoms with E-state index in [1.807, 2.05) is 13.8 Å². The molecular weight excluding hydrogens is 268 g/mol. The van der Waals surface area contributed by atoms with Crippen LogP contribution in [0.4, 0.5) is 14.5 Å². The summed E-state index contributed by atoms with van der Waals surface area (Å²) in [5, 5.41) is 11.8. The minimum atomic E-state index is -1.42. The summed E-state index contributed by atoms with van der Waals surface area (Å²) in [6.45, 7) is 3.85. The van der Waals surface area contributed by atoms with Crippen molar-refractivity contribution in [1.29, 1.82) is 0 Å². The maximum absolute atomic E-state index is 13.7. The quantitative estimate of drug-likeness (QED) is 0.896. The van der Waals surface area contributed by atoms with Gasteiger partial charge in [0, 0.05) is 12.1 Å². The number of anilines is 1. The molecule has 0 radical (unpaired) electrons. The molecule has 0 aliphatic carbocycles. The molecule has 6 heteroatoms. The van der Waals surface area contributed by atoms with Gasteiger partial charge in [-0.2, -0.15) is 0 Å². The average Bonchev–Trinajstić information content (AvgIpc) is 2.30. The van der Waals surface area contributed by atoms with Crippen LogP contribution >= 0.6 is 0 Å². The van der Waals surface area contributed by atoms with Gasteiger partial charge in [-0.05, 0) is 32.8 Å². The highest BCUT2D eigenvalue weighted by atomic mass is 19.1. The van der Waals surface area contributed by atoms with Gasteiger partial charge in [0.25, 0.3) is 0 Å². The summed E-state index contributed by atoms with van der Waals surface area (Å²) < 4.78 is 32.6. The molecule has 1 aliphatic rings. The number of aromatic carboxylic acids is 1. The molecule has 0 bridgehead atoms. The predicted molar refractivity (Wildman–Crippen MR) is 70.0 cm³/mol. The van der Waals surface area contributed by atoms with E-state index in [4.69, 9.17) is 9.84 Å². The molecule has 0 saturated carbocycles. The lowest BCUT2D eigenvalue weighted by atomic mass is 9.99. The Kier molecular flexibility index (Phi) is 4.23. The fourth-order valence-corrected chi connectivity index (χ4v) is 2.57. The number of rotatable bonds is 3. The number of hydrogen-bond donors (Lipinski definition) is 2. The first kappa shape index (κ1) is 14.7. The van der Waals surface area contributed by atoms with Crippen LogP contribution in [0.5, 0.6) is 0 Å². The molecule has 2 unspecified atom stereocenters. The van der Waals surface area contributed by atoms with E-state index in [9.17, 15) is 13.6 Å². The van der Waals surface area contributed by atoms with Crippen LogP contribution in [0.3, 0.4) is 0 Å². The molecule has 2 N–H and O–H groups in total. The van der Waals surface area contributed by atoms with E-state index in [1.165, 1.54) is 0 Å². The number of benzene rings is 1. The largest absolute Gasteiger partial charge is 0.478 e. The van der Waals surface area contributed by atoms with Crippen LogP contribution in [-0.4, -0.2) is 29.3 Å². The molecule has 1 aromatic carbocycles. The van der Waals surface area contributed by atoms with Crippen LogP contribution in [0.15, 0.2) is 12.1 Å². The summed E-state index contributed by atoms with van der Waals surface area (Å²) in [6, 6.07) is 1.56. The maximum Gasteiger partial charge on any atom is 0.338 e. The molecule has 1 aromatic rings. The topological polar surface area (TPSA) is 58.6 Å². The van der Waals surface area contributed by atoms with Crippen molar-refractivity contribution in [2.24, 2.45) is 0 Å². The molecule has 20 heavy (non-hydrogen) atoms. The van der Waals surface area contributed by atoms with Crippen LogP contribution in [0.2, 0.25) is 0 Å². The molecule has 0 spiro atoms. The standard InChI is InChI=1S/C14H17F2NO3/c1-7-3-9(4-8(2)20-7)17-13-5-10(14(18)19)11(15)6-12(13)16/h5-9,17H,3-4H2,1-2H3,(H,18,19). The van der Waals surface area contributed by atoms with E-state index in [0.29, 0.717) is 18.9 Å². The van der Waals surface area contributed by atoms with Crippen LogP contribution in [0.25, 0.3) is 0 Å². The Hall–Kier alpha value is -1.69. The third-order valence-electron chi connectivity index (χ3n) is 3.34. The van der Waals surface area contributed by atoms with Gasteiger partial charge in [0.05, 0.1) is 23.5 Å². The van der Waals surface area contributed by atoms with Crippen molar-refractivity contribution >= 4 is 11.7 Å². The smallest absolute Gasteiger partial charge is 0.338 e. The minimum absolute atomic E-state index is 0.00935. The van der Waals surface area contributed by atoms with Gasteiger partial charge >= 0.3 is 5.97 Å². The zero-order valence-electron chi connectivity index (χ0n) is 11.3. The van der Waals surface area contributed by atoms with Gasteiger partial charge in [-0.15, -0.1) is 0 Å². The van der Waals surface area contributed by atoms with Crippen LogP contribution in [0, 0.1) is 11.6 Å². The molecule has 1 fully saturated rings. The van der Waals surface area contributed by atoms with Crippen molar-refractivity contribution in [2.45, 2.75) is 44.9 Å². The Bertz CT molecular complexity index is 511. The zero-order valence-corrected chi connectivity index (χ0v) is 11.3. The molecule has 110 valence electrons. The number of ether oxygens (including phenoxy) is 1. The van der Waals surface area contributed by atoms with Crippen molar-refractivity contribution in [3.63, 3.8) is 0 Å². The van der Waals surface area contributed by atoms with Crippen LogP contribution < -0.4 is 5.32 Å². The van der Waals surface area contributed by atoms with Crippen molar-refractivity contribution in [3.8, 4) is 0 Å². The summed E-state index contributed by atoms with van der Waals surface area (Å²) >= 11 is 0. The first-order valence-electron chi connectivity index (χ1n) is 6.51. The van der Waals surface area contributed by atoms with E-state index < -0.39 is 23.2 Å². The molecule has 0 amide bonds. The summed E-state index contributed by atoms with van der Waals surface area (Å²) in [7, 11) is 0. The number of nitrogens with one attached hydrogen (secondary N) is 1. The summed E-state index contributed by atoms with van der Waals surface area (Å²) in [4.78, 5) is 10.9. The monoisotopic (exact) mass is 285 g/mol. The lowest BCUT2D eigenvalue weighted by molar-refractivity contribution is -0.0338. The van der Waals surface area contributed by atoms with Gasteiger partial charge in [-0.1, -0.05) is 0 Å². The second-order valence-electron chi connectivity index (χ2n) is 5.19. The van der Waals surface area contributed by atoms with Gasteiger partial charge in [-0.3, -0.25) is 0 Å². The van der Waals surface area contributed by atoms with Crippen LogP contribution in [0.1, 0.15) is 37.0 Å². The highest BCUT2D eigenvalue weighted by Crippen LogP contribution is 2.26. The van der Waals surface area contributed by atoms with Gasteiger partial charge in [0.1, 0.15) is 11.6 Å². The predicted octanol–water partition coefficient (Wildman–Crippen LogP) is 3.03. The Morgan fingerprint density at radius 3 is 2.40 bits per heavy atom. The molecule has 2 rings (SSSR count). The first-order chi connectivity index (χ1) is 9.36. The van der Waals surface area contributed by atoms with Gasteiger partial charge in [0.15, 0.2) is 0 Å². The highest BCUT2D eigenvalue weighted by Gasteiger charge is 2.25. The molecule has 1 aliphatic heterocycles. The van der Waals surface area contributed by atoms with Crippen molar-refractivity contribution < 1.29 is 23.4 Å². The summed E-state index contributed by atoms with van der Waals surface area (Å²) in [5.41, 5.74) is -0.530. The second-order valence-corrected chi connectivity index (χ2v) is 5.19. The Morgan fingerprint density at radius 1 is 1.25 bits per heavy atom. The lowest BCUT2D eigenvalue weighted by Gasteiger charge is -2.33. The molecule has 1 saturated heterocycles. The number of carbonyl (C=O) groups is 1. The number of carboxylic acids is 1. The number of halogens is 2. The van der Waals surface area contributed by atoms with Gasteiger partial charge < -0.3 is 15.2 Å². The molecule has 2 atom stereocenters. The number of hydrogen-bond acceptors (Lipinski definition) is 3. The van der Waals surface area contributed by atoms with Crippen molar-refractivity contribution in [2.75, 3.05) is 5.32 Å². The third-order valence-corrected chi connectivity index (χ3v) is 3.34. The van der Waals surface area contributed by atoms with Gasteiger partial charge in [-0.25, -0.2) is 13.6 Å². The Morgan fingerprint density at radius 2 is 1.85 bits per heavy atom. The van der Waals surface area contributed by atoms with Crippen molar-refractivity contribution in [1.82, 2.24) is 0 Å². The van der Waals surface area contributed by atoms with E-state index >= 15 is 0 Å². The van der Waals surface area contributed by atoms with E-state index in [0.717, 1.165) is 6.07 Å². The highest BCUT2D eigenvalue weighted by molar-refractivity contribution is 5.89. The van der Waals surface area contributed by atoms with Crippen molar-refractivity contribution in [3.05, 3.63) is 29.3 Å². The second kappa shape index (κ2) is 5.75. The summed E-state index contributed by atoms with van der Waals surface area (Å²) in [6.07, 6.45) is 1.45. The first-order valence-corrected chi connectivity index (χ1v) is 6.51. The molecule has 1 heterocycles. The van der Waals surface area contributed by atoms with E-state index in [2.05, 4.69) is 5.32 Å². The zero-order chi connectivity index (χ0) is 14.9. The van der Waals surface area contributed by atoms with E-state index in [1.54, 1.807) is 0 Å². The fourth-order valence-electron chi connectivity index (χ4n) is 2.57. The van der Waals surface area contributed by atoms with Crippen LogP contribution in [-0.2, 0) is 4.74 Å². The maximum atomic E-state index is 13.7. The molecular formula is C14H17F2NO3. The average molecular weight is 285 g/mol. The Balaban J connectivity index is 2.20. The molecule has 4 nitrogen and oxygen atoms in total. The van der Waals surface area contributed by atoms with E-state index in [-0.39, 0.29) is 23.9 Å². The molecule has 0 aromatic heterocycles.